The minimum absolute atomic E-state index is 0.0480. The Morgan fingerprint density at radius 1 is 1.12 bits per heavy atom. The molecule has 4 rings (SSSR count). The molecule has 25 heavy (non-hydrogen) atoms. The predicted octanol–water partition coefficient (Wildman–Crippen LogP) is 2.95. The number of carbonyl (C=O) groups is 1. The summed E-state index contributed by atoms with van der Waals surface area (Å²) in [5, 5.41) is 16.8. The number of benzene rings is 2. The van der Waals surface area contributed by atoms with Gasteiger partial charge in [0.25, 0.3) is 5.69 Å². The summed E-state index contributed by atoms with van der Waals surface area (Å²) in [5.41, 5.74) is 2.02. The van der Waals surface area contributed by atoms with E-state index in [0.717, 1.165) is 0 Å². The summed E-state index contributed by atoms with van der Waals surface area (Å²) < 4.78 is 10.9. The average Bonchev–Trinajstić information content (AvgIpc) is 2.95. The second-order valence-electron chi connectivity index (χ2n) is 5.58. The average molecular weight is 339 g/mol. The quantitative estimate of drug-likeness (QED) is 0.654. The van der Waals surface area contributed by atoms with Crippen molar-refractivity contribution in [1.29, 1.82) is 0 Å². The van der Waals surface area contributed by atoms with Crippen LogP contribution in [-0.4, -0.2) is 17.8 Å². The van der Waals surface area contributed by atoms with Crippen molar-refractivity contribution in [1.82, 2.24) is 0 Å². The summed E-state index contributed by atoms with van der Waals surface area (Å²) in [6, 6.07) is 11.3. The number of methoxy groups -OCH3 is 1. The van der Waals surface area contributed by atoms with Crippen LogP contribution in [-0.2, 0) is 9.53 Å². The highest BCUT2D eigenvalue weighted by atomic mass is 16.6. The molecule has 126 valence electrons. The fourth-order valence-electron chi connectivity index (χ4n) is 2.80. The molecule has 0 fully saturated rings. The van der Waals surface area contributed by atoms with E-state index in [1.807, 2.05) is 0 Å². The van der Waals surface area contributed by atoms with Crippen LogP contribution in [0, 0.1) is 10.1 Å². The van der Waals surface area contributed by atoms with Crippen molar-refractivity contribution in [3.05, 3.63) is 69.7 Å². The smallest absolute Gasteiger partial charge is 0.271 e. The second kappa shape index (κ2) is 5.52. The maximum Gasteiger partial charge on any atom is 0.271 e. The van der Waals surface area contributed by atoms with Gasteiger partial charge >= 0.3 is 0 Å². The number of fused-ring (bicyclic) bond motifs is 1. The highest BCUT2D eigenvalue weighted by Crippen LogP contribution is 2.40. The monoisotopic (exact) mass is 339 g/mol. The van der Waals surface area contributed by atoms with Crippen molar-refractivity contribution in [2.75, 3.05) is 17.7 Å². The zero-order valence-corrected chi connectivity index (χ0v) is 13.1. The van der Waals surface area contributed by atoms with Crippen LogP contribution < -0.4 is 15.4 Å². The van der Waals surface area contributed by atoms with Crippen LogP contribution in [0.1, 0.15) is 11.7 Å². The number of rotatable bonds is 3. The summed E-state index contributed by atoms with van der Waals surface area (Å²) in [6.45, 7) is 0. The fourth-order valence-corrected chi connectivity index (χ4v) is 2.80. The Hall–Kier alpha value is -3.55. The van der Waals surface area contributed by atoms with Crippen LogP contribution >= 0.6 is 0 Å². The molecule has 0 saturated carbocycles. The lowest BCUT2D eigenvalue weighted by molar-refractivity contribution is -0.384. The van der Waals surface area contributed by atoms with Gasteiger partial charge in [0.2, 0.25) is 11.7 Å². The first kappa shape index (κ1) is 15.0. The summed E-state index contributed by atoms with van der Waals surface area (Å²) in [6.07, 6.45) is -0.778. The SMILES string of the molecule is COc1ccc([C@@H]2OC3=C(Nc4ccc([N+](=O)[O-])cc4N3)C2=O)cc1. The van der Waals surface area contributed by atoms with Crippen LogP contribution in [0.4, 0.5) is 17.1 Å². The fraction of sp³-hybridized carbons (Fsp3) is 0.118. The standard InChI is InChI=1S/C17H13N3O5/c1-24-11-5-2-9(3-6-11)16-15(21)14-17(25-16)19-13-8-10(20(22)23)4-7-12(13)18-14/h2-8,16,18-19H,1H3/t16-/m0/s1. The first-order valence-electron chi connectivity index (χ1n) is 7.48. The number of carbonyl (C=O) groups excluding carboxylic acids is 1. The number of non-ortho nitro benzene ring substituents is 1. The third-order valence-corrected chi connectivity index (χ3v) is 4.09. The molecule has 2 aliphatic heterocycles. The van der Waals surface area contributed by atoms with Gasteiger partial charge in [-0.05, 0) is 18.2 Å². The number of nitro benzene ring substituents is 1. The minimum Gasteiger partial charge on any atom is -0.497 e. The van der Waals surface area contributed by atoms with Gasteiger partial charge in [-0.2, -0.15) is 0 Å². The van der Waals surface area contributed by atoms with Gasteiger partial charge in [-0.3, -0.25) is 14.9 Å². The number of ketones is 1. The molecular weight excluding hydrogens is 326 g/mol. The zero-order valence-electron chi connectivity index (χ0n) is 13.1. The zero-order chi connectivity index (χ0) is 17.6. The molecular formula is C17H13N3O5. The maximum atomic E-state index is 12.7. The Morgan fingerprint density at radius 2 is 1.88 bits per heavy atom. The predicted molar refractivity (Wildman–Crippen MR) is 89.2 cm³/mol. The number of Topliss-reactive ketones (excluding diaryl/α,β-unsaturated/α-hetero) is 1. The lowest BCUT2D eigenvalue weighted by atomic mass is 10.0. The third kappa shape index (κ3) is 2.44. The molecule has 8 nitrogen and oxygen atoms in total. The normalized spacial score (nSPS) is 17.8. The second-order valence-corrected chi connectivity index (χ2v) is 5.58. The molecule has 0 bridgehead atoms. The molecule has 1 atom stereocenters. The number of anilines is 2. The van der Waals surface area contributed by atoms with Crippen LogP contribution in [0.3, 0.4) is 0 Å². The number of nitro groups is 1. The molecule has 0 saturated heterocycles. The largest absolute Gasteiger partial charge is 0.497 e. The Bertz CT molecular complexity index is 920. The molecule has 0 amide bonds. The lowest BCUT2D eigenvalue weighted by Crippen LogP contribution is -2.18. The summed E-state index contributed by atoms with van der Waals surface area (Å²) >= 11 is 0. The molecule has 0 radical (unpaired) electrons. The van der Waals surface area contributed by atoms with Crippen molar-refractivity contribution in [3.8, 4) is 5.75 Å². The van der Waals surface area contributed by atoms with Crippen molar-refractivity contribution in [2.24, 2.45) is 0 Å². The van der Waals surface area contributed by atoms with Crippen LogP contribution in [0.2, 0.25) is 0 Å². The van der Waals surface area contributed by atoms with E-state index in [-0.39, 0.29) is 17.4 Å². The lowest BCUT2D eigenvalue weighted by Gasteiger charge is -2.19. The molecule has 8 heteroatoms. The number of nitrogens with zero attached hydrogens (tertiary/aromatic N) is 1. The Labute approximate surface area is 142 Å². The van der Waals surface area contributed by atoms with Crippen molar-refractivity contribution in [3.63, 3.8) is 0 Å². The topological polar surface area (TPSA) is 103 Å². The van der Waals surface area contributed by atoms with Gasteiger partial charge in [-0.25, -0.2) is 0 Å². The number of hydrogen-bond acceptors (Lipinski definition) is 7. The Kier molecular flexibility index (Phi) is 3.31. The van der Waals surface area contributed by atoms with E-state index in [4.69, 9.17) is 9.47 Å². The van der Waals surface area contributed by atoms with Gasteiger partial charge in [0, 0.05) is 17.7 Å². The number of ether oxygens (including phenoxy) is 2. The number of hydrogen-bond donors (Lipinski definition) is 2. The highest BCUT2D eigenvalue weighted by Gasteiger charge is 2.39. The molecule has 0 spiro atoms. The van der Waals surface area contributed by atoms with Crippen molar-refractivity contribution >= 4 is 22.8 Å². The minimum atomic E-state index is -0.778. The van der Waals surface area contributed by atoms with Crippen LogP contribution in [0.15, 0.2) is 54.0 Å². The van der Waals surface area contributed by atoms with Crippen molar-refractivity contribution < 1.29 is 19.2 Å². The van der Waals surface area contributed by atoms with Gasteiger partial charge < -0.3 is 20.1 Å². The molecule has 2 heterocycles. The van der Waals surface area contributed by atoms with E-state index in [0.29, 0.717) is 28.4 Å². The molecule has 2 aliphatic rings. The van der Waals surface area contributed by atoms with Gasteiger partial charge in [-0.1, -0.05) is 12.1 Å². The first-order chi connectivity index (χ1) is 12.1. The Morgan fingerprint density at radius 3 is 2.56 bits per heavy atom. The van der Waals surface area contributed by atoms with Crippen molar-refractivity contribution in [2.45, 2.75) is 6.10 Å². The van der Waals surface area contributed by atoms with E-state index in [1.165, 1.54) is 12.1 Å². The molecule has 0 aromatic heterocycles. The maximum absolute atomic E-state index is 12.7. The van der Waals surface area contributed by atoms with E-state index in [2.05, 4.69) is 10.6 Å². The van der Waals surface area contributed by atoms with Crippen LogP contribution in [0.5, 0.6) is 5.75 Å². The van der Waals surface area contributed by atoms with E-state index in [1.54, 1.807) is 37.4 Å². The molecule has 2 aromatic rings. The molecule has 2 N–H and O–H groups in total. The highest BCUT2D eigenvalue weighted by molar-refractivity contribution is 6.06. The van der Waals surface area contributed by atoms with Gasteiger partial charge in [0.1, 0.15) is 11.4 Å². The van der Waals surface area contributed by atoms with E-state index < -0.39 is 11.0 Å². The van der Waals surface area contributed by atoms with Gasteiger partial charge in [0.05, 0.1) is 23.4 Å². The first-order valence-corrected chi connectivity index (χ1v) is 7.48. The van der Waals surface area contributed by atoms with Gasteiger partial charge in [0.15, 0.2) is 6.10 Å². The van der Waals surface area contributed by atoms with E-state index in [9.17, 15) is 14.9 Å². The summed E-state index contributed by atoms with van der Waals surface area (Å²) in [4.78, 5) is 23.1. The summed E-state index contributed by atoms with van der Waals surface area (Å²) in [5.74, 6) is 0.735. The number of nitrogens with one attached hydrogen (secondary N) is 2. The van der Waals surface area contributed by atoms with Crippen LogP contribution in [0.25, 0.3) is 0 Å². The Balaban J connectivity index is 1.61. The van der Waals surface area contributed by atoms with E-state index >= 15 is 0 Å². The molecule has 2 aromatic carbocycles. The summed E-state index contributed by atoms with van der Waals surface area (Å²) in [7, 11) is 1.57. The molecule has 0 unspecified atom stereocenters. The third-order valence-electron chi connectivity index (χ3n) is 4.09. The van der Waals surface area contributed by atoms with Gasteiger partial charge in [-0.15, -0.1) is 0 Å². The molecule has 0 aliphatic carbocycles.